The first-order valence-corrected chi connectivity index (χ1v) is 6.56. The van der Waals surface area contributed by atoms with Crippen molar-refractivity contribution in [2.45, 2.75) is 39.3 Å². The van der Waals surface area contributed by atoms with Crippen LogP contribution in [0.25, 0.3) is 0 Å². The summed E-state index contributed by atoms with van der Waals surface area (Å²) in [7, 11) is 1.71. The van der Waals surface area contributed by atoms with Crippen LogP contribution < -0.4 is 10.1 Å². The van der Waals surface area contributed by atoms with Crippen LogP contribution in [0.15, 0.2) is 22.7 Å². The van der Waals surface area contributed by atoms with Crippen molar-refractivity contribution in [2.75, 3.05) is 7.11 Å². The first-order valence-electron chi connectivity index (χ1n) is 5.77. The molecule has 0 unspecified atom stereocenters. The number of hydrogen-bond donors (Lipinski definition) is 1. The van der Waals surface area contributed by atoms with E-state index in [2.05, 4.69) is 41.2 Å². The molecule has 0 aliphatic heterocycles. The number of hydrogen-bond acceptors (Lipinski definition) is 2. The number of nitrogens with one attached hydrogen (secondary N) is 1. The van der Waals surface area contributed by atoms with Gasteiger partial charge >= 0.3 is 0 Å². The summed E-state index contributed by atoms with van der Waals surface area (Å²) >= 11 is 3.48. The lowest BCUT2D eigenvalue weighted by Crippen LogP contribution is -2.27. The monoisotopic (exact) mass is 365 g/mol. The van der Waals surface area contributed by atoms with E-state index >= 15 is 0 Å². The van der Waals surface area contributed by atoms with Crippen molar-refractivity contribution < 1.29 is 4.74 Å². The molecule has 17 heavy (non-hydrogen) atoms. The Balaban J connectivity index is 0.00000256. The molecule has 0 aromatic heterocycles. The molecular formula is C13H21Br2NO. The van der Waals surface area contributed by atoms with E-state index in [0.29, 0.717) is 6.04 Å². The zero-order valence-electron chi connectivity index (χ0n) is 10.6. The minimum absolute atomic E-state index is 0. The molecule has 0 bridgehead atoms. The molecule has 0 fully saturated rings. The lowest BCUT2D eigenvalue weighted by molar-refractivity contribution is 0.403. The standard InChI is InChI=1S/C13H20BrNO.BrH/c1-4-12(5-2)15-9-10-8-11(14)6-7-13(10)16-3;/h6-8,12,15H,4-5,9H2,1-3H3;1H. The summed E-state index contributed by atoms with van der Waals surface area (Å²) < 4.78 is 6.43. The van der Waals surface area contributed by atoms with E-state index in [1.54, 1.807) is 7.11 Å². The van der Waals surface area contributed by atoms with E-state index in [0.717, 1.165) is 29.6 Å². The van der Waals surface area contributed by atoms with Crippen molar-refractivity contribution in [1.29, 1.82) is 0 Å². The van der Waals surface area contributed by atoms with Gasteiger partial charge in [-0.15, -0.1) is 17.0 Å². The number of rotatable bonds is 6. The van der Waals surface area contributed by atoms with Gasteiger partial charge in [0.1, 0.15) is 5.75 Å². The van der Waals surface area contributed by atoms with E-state index in [9.17, 15) is 0 Å². The molecule has 4 heteroatoms. The number of benzene rings is 1. The van der Waals surface area contributed by atoms with E-state index in [-0.39, 0.29) is 17.0 Å². The highest BCUT2D eigenvalue weighted by Crippen LogP contribution is 2.22. The van der Waals surface area contributed by atoms with Crippen LogP contribution in [-0.4, -0.2) is 13.2 Å². The van der Waals surface area contributed by atoms with E-state index in [1.165, 1.54) is 5.56 Å². The Hall–Kier alpha value is -0.0600. The van der Waals surface area contributed by atoms with Gasteiger partial charge in [-0.3, -0.25) is 0 Å². The molecule has 0 saturated carbocycles. The summed E-state index contributed by atoms with van der Waals surface area (Å²) in [5.74, 6) is 0.946. The maximum absolute atomic E-state index is 5.34. The average molecular weight is 367 g/mol. The summed E-state index contributed by atoms with van der Waals surface area (Å²) in [6, 6.07) is 6.69. The average Bonchev–Trinajstić information content (AvgIpc) is 2.30. The van der Waals surface area contributed by atoms with Crippen molar-refractivity contribution >= 4 is 32.9 Å². The van der Waals surface area contributed by atoms with Crippen LogP contribution in [0.2, 0.25) is 0 Å². The number of methoxy groups -OCH3 is 1. The van der Waals surface area contributed by atoms with E-state index in [4.69, 9.17) is 4.74 Å². The summed E-state index contributed by atoms with van der Waals surface area (Å²) in [6.45, 7) is 5.27. The zero-order valence-corrected chi connectivity index (χ0v) is 13.9. The summed E-state index contributed by atoms with van der Waals surface area (Å²) in [4.78, 5) is 0. The van der Waals surface area contributed by atoms with Gasteiger partial charge in [-0.1, -0.05) is 29.8 Å². The molecule has 0 aliphatic carbocycles. The fourth-order valence-corrected chi connectivity index (χ4v) is 2.13. The Morgan fingerprint density at radius 2 is 1.94 bits per heavy atom. The third kappa shape index (κ3) is 5.40. The van der Waals surface area contributed by atoms with E-state index in [1.807, 2.05) is 12.1 Å². The second-order valence-corrected chi connectivity index (χ2v) is 4.77. The van der Waals surface area contributed by atoms with Crippen molar-refractivity contribution in [3.63, 3.8) is 0 Å². The Labute approximate surface area is 123 Å². The molecule has 1 rings (SSSR count). The van der Waals surface area contributed by atoms with Gasteiger partial charge in [0.25, 0.3) is 0 Å². The minimum Gasteiger partial charge on any atom is -0.496 e. The SMILES string of the molecule is Br.CCC(CC)NCc1cc(Br)ccc1OC. The second kappa shape index (κ2) is 8.95. The molecule has 1 aromatic carbocycles. The summed E-state index contributed by atoms with van der Waals surface area (Å²) in [5, 5.41) is 3.54. The third-order valence-corrected chi connectivity index (χ3v) is 3.30. The molecule has 0 spiro atoms. The van der Waals surface area contributed by atoms with Crippen LogP contribution in [0.4, 0.5) is 0 Å². The molecule has 1 N–H and O–H groups in total. The first-order chi connectivity index (χ1) is 7.71. The fourth-order valence-electron chi connectivity index (χ4n) is 1.72. The van der Waals surface area contributed by atoms with Gasteiger partial charge < -0.3 is 10.1 Å². The Morgan fingerprint density at radius 1 is 1.29 bits per heavy atom. The minimum atomic E-state index is 0. The van der Waals surface area contributed by atoms with Gasteiger partial charge in [0, 0.05) is 22.6 Å². The van der Waals surface area contributed by atoms with E-state index < -0.39 is 0 Å². The van der Waals surface area contributed by atoms with Gasteiger partial charge in [0.05, 0.1) is 7.11 Å². The highest BCUT2D eigenvalue weighted by atomic mass is 79.9. The van der Waals surface area contributed by atoms with Crippen LogP contribution in [0.1, 0.15) is 32.3 Å². The molecule has 0 atom stereocenters. The molecule has 0 aliphatic rings. The van der Waals surface area contributed by atoms with Crippen molar-refractivity contribution in [3.8, 4) is 5.75 Å². The molecule has 98 valence electrons. The molecule has 1 aromatic rings. The first kappa shape index (κ1) is 16.9. The Bertz CT molecular complexity index is 327. The molecule has 0 saturated heterocycles. The quantitative estimate of drug-likeness (QED) is 0.809. The fraction of sp³-hybridized carbons (Fsp3) is 0.538. The van der Waals surface area contributed by atoms with Gasteiger partial charge in [-0.25, -0.2) is 0 Å². The van der Waals surface area contributed by atoms with Crippen LogP contribution >= 0.6 is 32.9 Å². The summed E-state index contributed by atoms with van der Waals surface area (Å²) in [6.07, 6.45) is 2.32. The van der Waals surface area contributed by atoms with Crippen LogP contribution in [0.5, 0.6) is 5.75 Å². The highest BCUT2D eigenvalue weighted by molar-refractivity contribution is 9.10. The van der Waals surface area contributed by atoms with Crippen molar-refractivity contribution in [1.82, 2.24) is 5.32 Å². The van der Waals surface area contributed by atoms with Crippen molar-refractivity contribution in [3.05, 3.63) is 28.2 Å². The third-order valence-electron chi connectivity index (χ3n) is 2.81. The van der Waals surface area contributed by atoms with Gasteiger partial charge in [-0.05, 0) is 31.0 Å². The summed E-state index contributed by atoms with van der Waals surface area (Å²) in [5.41, 5.74) is 1.20. The molecule has 0 heterocycles. The molecular weight excluding hydrogens is 346 g/mol. The maximum Gasteiger partial charge on any atom is 0.123 e. The molecule has 0 radical (unpaired) electrons. The van der Waals surface area contributed by atoms with Crippen LogP contribution in [-0.2, 0) is 6.54 Å². The topological polar surface area (TPSA) is 21.3 Å². The lowest BCUT2D eigenvalue weighted by Gasteiger charge is -2.16. The predicted molar refractivity (Wildman–Crippen MR) is 82.2 cm³/mol. The highest BCUT2D eigenvalue weighted by Gasteiger charge is 2.06. The van der Waals surface area contributed by atoms with Crippen molar-refractivity contribution in [2.24, 2.45) is 0 Å². The second-order valence-electron chi connectivity index (χ2n) is 3.85. The van der Waals surface area contributed by atoms with Gasteiger partial charge in [0.2, 0.25) is 0 Å². The molecule has 2 nitrogen and oxygen atoms in total. The predicted octanol–water partition coefficient (Wildman–Crippen LogP) is 4.31. The zero-order chi connectivity index (χ0) is 12.0. The number of ether oxygens (including phenoxy) is 1. The molecule has 0 amide bonds. The smallest absolute Gasteiger partial charge is 0.123 e. The Morgan fingerprint density at radius 3 is 2.47 bits per heavy atom. The van der Waals surface area contributed by atoms with Gasteiger partial charge in [0.15, 0.2) is 0 Å². The van der Waals surface area contributed by atoms with Crippen LogP contribution in [0.3, 0.4) is 0 Å². The Kier molecular flexibility index (Phi) is 8.92. The lowest BCUT2D eigenvalue weighted by atomic mass is 10.1. The normalized spacial score (nSPS) is 10.2. The number of halogens is 2. The van der Waals surface area contributed by atoms with Crippen LogP contribution in [0, 0.1) is 0 Å². The maximum atomic E-state index is 5.34. The largest absolute Gasteiger partial charge is 0.496 e. The van der Waals surface area contributed by atoms with Gasteiger partial charge in [-0.2, -0.15) is 0 Å².